The lowest BCUT2D eigenvalue weighted by Gasteiger charge is -2.32. The minimum Gasteiger partial charge on any atom is -0.444 e. The molecule has 12 heteroatoms. The van der Waals surface area contributed by atoms with Gasteiger partial charge in [0, 0.05) is 62.9 Å². The molecule has 0 unspecified atom stereocenters. The molecule has 3 aromatic rings. The van der Waals surface area contributed by atoms with Crippen LogP contribution >= 0.6 is 0 Å². The Labute approximate surface area is 213 Å². The highest BCUT2D eigenvalue weighted by atomic mass is 19.1. The number of benzene rings is 1. The first kappa shape index (κ1) is 24.8. The highest BCUT2D eigenvalue weighted by molar-refractivity contribution is 5.95. The molecule has 1 amide bonds. The molecule has 37 heavy (non-hydrogen) atoms. The number of rotatable bonds is 5. The Kier molecular flexibility index (Phi) is 7.10. The lowest BCUT2D eigenvalue weighted by Crippen LogP contribution is -2.47. The largest absolute Gasteiger partial charge is 0.444 e. The van der Waals surface area contributed by atoms with Crippen molar-refractivity contribution in [3.05, 3.63) is 69.8 Å². The molecule has 5 rings (SSSR count). The SMILES string of the molecule is CN1CCN(C(=O)c2ccc(-c3cccc(CN4CCOc5nc([N+](=O)[O-])cn5CC4)n3)cc2F)CC1. The first-order chi connectivity index (χ1) is 17.9. The molecule has 2 aliphatic heterocycles. The number of hydrogen-bond donors (Lipinski definition) is 0. The summed E-state index contributed by atoms with van der Waals surface area (Å²) in [4.78, 5) is 37.9. The van der Waals surface area contributed by atoms with E-state index in [1.165, 1.54) is 18.3 Å². The number of pyridine rings is 1. The van der Waals surface area contributed by atoms with Crippen molar-refractivity contribution < 1.29 is 18.8 Å². The molecule has 11 nitrogen and oxygen atoms in total. The molecule has 0 radical (unpaired) electrons. The number of likely N-dealkylation sites (N-methyl/N-ethyl adjacent to an activating group) is 1. The molecule has 0 aliphatic carbocycles. The normalized spacial score (nSPS) is 17.0. The van der Waals surface area contributed by atoms with Crippen LogP contribution in [0.5, 0.6) is 6.01 Å². The fourth-order valence-corrected chi connectivity index (χ4v) is 4.52. The summed E-state index contributed by atoms with van der Waals surface area (Å²) in [6, 6.07) is 10.5. The van der Waals surface area contributed by atoms with E-state index in [1.807, 2.05) is 25.2 Å². The fraction of sp³-hybridized carbons (Fsp3) is 0.400. The van der Waals surface area contributed by atoms with Gasteiger partial charge in [-0.15, -0.1) is 0 Å². The molecule has 1 aromatic carbocycles. The standard InChI is InChI=1S/C25H28FN7O4/c1-29-7-10-31(11-8-29)24(34)20-6-5-18(15-21(20)26)22-4-2-3-19(27-22)16-30-9-12-32-17-23(33(35)36)28-25(32)37-14-13-30/h2-6,15,17H,7-14,16H2,1H3. The summed E-state index contributed by atoms with van der Waals surface area (Å²) >= 11 is 0. The number of amides is 1. The van der Waals surface area contributed by atoms with Crippen LogP contribution in [0.15, 0.2) is 42.6 Å². The molecule has 0 bridgehead atoms. The van der Waals surface area contributed by atoms with Gasteiger partial charge in [-0.2, -0.15) is 0 Å². The van der Waals surface area contributed by atoms with Crippen LogP contribution in [0.25, 0.3) is 11.3 Å². The molecular formula is C25H28FN7O4. The van der Waals surface area contributed by atoms with Gasteiger partial charge in [0.2, 0.25) is 0 Å². The van der Waals surface area contributed by atoms with Gasteiger partial charge >= 0.3 is 11.8 Å². The van der Waals surface area contributed by atoms with E-state index in [0.717, 1.165) is 18.8 Å². The Bertz CT molecular complexity index is 1310. The first-order valence-electron chi connectivity index (χ1n) is 12.2. The van der Waals surface area contributed by atoms with Crippen molar-refractivity contribution >= 4 is 11.7 Å². The lowest BCUT2D eigenvalue weighted by atomic mass is 10.1. The van der Waals surface area contributed by atoms with Crippen molar-refractivity contribution in [3.8, 4) is 17.3 Å². The van der Waals surface area contributed by atoms with Gasteiger partial charge in [0.25, 0.3) is 5.91 Å². The number of nitrogens with zero attached hydrogens (tertiary/aromatic N) is 7. The molecule has 2 aromatic heterocycles. The van der Waals surface area contributed by atoms with Crippen LogP contribution in [-0.4, -0.2) is 93.0 Å². The molecule has 0 saturated carbocycles. The van der Waals surface area contributed by atoms with Crippen LogP contribution in [0.1, 0.15) is 16.1 Å². The number of fused-ring (bicyclic) bond motifs is 1. The predicted molar refractivity (Wildman–Crippen MR) is 133 cm³/mol. The number of piperazine rings is 1. The third-order valence-corrected chi connectivity index (χ3v) is 6.69. The van der Waals surface area contributed by atoms with E-state index in [0.29, 0.717) is 57.1 Å². The van der Waals surface area contributed by atoms with Gasteiger partial charge in [-0.1, -0.05) is 12.1 Å². The molecule has 1 fully saturated rings. The van der Waals surface area contributed by atoms with Crippen LogP contribution in [0.3, 0.4) is 0 Å². The number of halogens is 1. The van der Waals surface area contributed by atoms with E-state index in [9.17, 15) is 19.3 Å². The summed E-state index contributed by atoms with van der Waals surface area (Å²) < 4.78 is 22.3. The first-order valence-corrected chi connectivity index (χ1v) is 12.2. The average Bonchev–Trinajstić information content (AvgIpc) is 3.28. The summed E-state index contributed by atoms with van der Waals surface area (Å²) in [5.41, 5.74) is 2.09. The third kappa shape index (κ3) is 5.59. The van der Waals surface area contributed by atoms with E-state index in [2.05, 4.69) is 14.8 Å². The van der Waals surface area contributed by atoms with Crippen LogP contribution in [0.2, 0.25) is 0 Å². The van der Waals surface area contributed by atoms with Gasteiger partial charge in [-0.05, 0) is 36.2 Å². The zero-order valence-corrected chi connectivity index (χ0v) is 20.5. The lowest BCUT2D eigenvalue weighted by molar-refractivity contribution is -0.389. The molecular weight excluding hydrogens is 481 g/mol. The number of carbonyl (C=O) groups is 1. The summed E-state index contributed by atoms with van der Waals surface area (Å²) in [6.07, 6.45) is 1.38. The van der Waals surface area contributed by atoms with Gasteiger partial charge in [0.05, 0.1) is 17.0 Å². The second-order valence-electron chi connectivity index (χ2n) is 9.26. The monoisotopic (exact) mass is 509 g/mol. The summed E-state index contributed by atoms with van der Waals surface area (Å²) in [5, 5.41) is 11.0. The minimum absolute atomic E-state index is 0.0733. The van der Waals surface area contributed by atoms with Crippen LogP contribution in [0.4, 0.5) is 10.2 Å². The van der Waals surface area contributed by atoms with Crippen LogP contribution in [0, 0.1) is 15.9 Å². The summed E-state index contributed by atoms with van der Waals surface area (Å²) in [7, 11) is 2.00. The smallest absolute Gasteiger partial charge is 0.414 e. The molecule has 2 aliphatic rings. The Balaban J connectivity index is 1.26. The van der Waals surface area contributed by atoms with Gasteiger partial charge < -0.3 is 24.7 Å². The zero-order chi connectivity index (χ0) is 25.9. The van der Waals surface area contributed by atoms with Crippen molar-refractivity contribution in [2.75, 3.05) is 52.9 Å². The highest BCUT2D eigenvalue weighted by Gasteiger charge is 2.24. The second kappa shape index (κ2) is 10.6. The average molecular weight is 510 g/mol. The summed E-state index contributed by atoms with van der Waals surface area (Å²) in [5.74, 6) is -1.08. The van der Waals surface area contributed by atoms with Crippen molar-refractivity contribution in [2.45, 2.75) is 13.1 Å². The van der Waals surface area contributed by atoms with E-state index in [4.69, 9.17) is 9.72 Å². The van der Waals surface area contributed by atoms with Gasteiger partial charge in [0.1, 0.15) is 18.6 Å². The van der Waals surface area contributed by atoms with Crippen molar-refractivity contribution in [3.63, 3.8) is 0 Å². The number of hydrogen-bond acceptors (Lipinski definition) is 8. The van der Waals surface area contributed by atoms with E-state index in [-0.39, 0.29) is 23.3 Å². The maximum atomic E-state index is 15.0. The number of carbonyl (C=O) groups excluding carboxylic acids is 1. The number of ether oxygens (including phenoxy) is 1. The van der Waals surface area contributed by atoms with E-state index < -0.39 is 10.7 Å². The van der Waals surface area contributed by atoms with Gasteiger partial charge in [-0.3, -0.25) is 19.2 Å². The van der Waals surface area contributed by atoms with Crippen molar-refractivity contribution in [1.29, 1.82) is 0 Å². The molecule has 0 spiro atoms. The Morgan fingerprint density at radius 3 is 2.65 bits per heavy atom. The maximum Gasteiger partial charge on any atom is 0.414 e. The number of imidazole rings is 1. The summed E-state index contributed by atoms with van der Waals surface area (Å²) in [6.45, 7) is 5.31. The number of nitro groups is 1. The molecule has 0 atom stereocenters. The van der Waals surface area contributed by atoms with E-state index >= 15 is 0 Å². The van der Waals surface area contributed by atoms with Crippen molar-refractivity contribution in [1.82, 2.24) is 29.2 Å². The quantitative estimate of drug-likeness (QED) is 0.381. The minimum atomic E-state index is -0.556. The third-order valence-electron chi connectivity index (χ3n) is 6.69. The Morgan fingerprint density at radius 1 is 1.08 bits per heavy atom. The van der Waals surface area contributed by atoms with Gasteiger partial charge in [0.15, 0.2) is 0 Å². The molecule has 1 saturated heterocycles. The van der Waals surface area contributed by atoms with Gasteiger partial charge in [-0.25, -0.2) is 4.39 Å². The second-order valence-corrected chi connectivity index (χ2v) is 9.26. The molecule has 0 N–H and O–H groups in total. The van der Waals surface area contributed by atoms with Crippen LogP contribution < -0.4 is 4.74 Å². The molecule has 194 valence electrons. The Morgan fingerprint density at radius 2 is 1.89 bits per heavy atom. The maximum absolute atomic E-state index is 15.0. The van der Waals surface area contributed by atoms with Crippen LogP contribution in [-0.2, 0) is 13.1 Å². The number of aromatic nitrogens is 3. The van der Waals surface area contributed by atoms with Crippen molar-refractivity contribution in [2.24, 2.45) is 0 Å². The predicted octanol–water partition coefficient (Wildman–Crippen LogP) is 2.27. The topological polar surface area (TPSA) is 110 Å². The molecule has 4 heterocycles. The van der Waals surface area contributed by atoms with E-state index in [1.54, 1.807) is 15.5 Å². The Hall–Kier alpha value is -3.90. The highest BCUT2D eigenvalue weighted by Crippen LogP contribution is 2.23. The zero-order valence-electron chi connectivity index (χ0n) is 20.5. The fourth-order valence-electron chi connectivity index (χ4n) is 4.52.